The first-order valence-corrected chi connectivity index (χ1v) is 6.59. The molecule has 0 saturated carbocycles. The normalized spacial score (nSPS) is 22.8. The Balaban J connectivity index is 1.61. The van der Waals surface area contributed by atoms with Gasteiger partial charge in [0, 0.05) is 0 Å². The van der Waals surface area contributed by atoms with Crippen LogP contribution in [0.15, 0.2) is 24.3 Å². The monoisotopic (exact) mass is 259 g/mol. The summed E-state index contributed by atoms with van der Waals surface area (Å²) in [6, 6.07) is 7.81. The Bertz CT molecular complexity index is 560. The minimum absolute atomic E-state index is 0.0511. The van der Waals surface area contributed by atoms with E-state index in [2.05, 4.69) is 15.3 Å². The molecule has 100 valence electrons. The SMILES string of the molecule is CC1CCC(C(=O)NCc2nc3ccccc3[nH]2)O1. The van der Waals surface area contributed by atoms with Crippen LogP contribution < -0.4 is 5.32 Å². The average Bonchev–Trinajstić information content (AvgIpc) is 3.01. The number of imidazole rings is 1. The van der Waals surface area contributed by atoms with Gasteiger partial charge in [0.1, 0.15) is 11.9 Å². The van der Waals surface area contributed by atoms with Crippen LogP contribution in [0.2, 0.25) is 0 Å². The van der Waals surface area contributed by atoms with Gasteiger partial charge >= 0.3 is 0 Å². The Morgan fingerprint density at radius 2 is 2.32 bits per heavy atom. The van der Waals surface area contributed by atoms with Crippen LogP contribution in [0, 0.1) is 0 Å². The van der Waals surface area contributed by atoms with E-state index >= 15 is 0 Å². The Morgan fingerprint density at radius 1 is 1.47 bits per heavy atom. The maximum atomic E-state index is 11.9. The number of nitrogens with zero attached hydrogens (tertiary/aromatic N) is 1. The van der Waals surface area contributed by atoms with Crippen molar-refractivity contribution >= 4 is 16.9 Å². The van der Waals surface area contributed by atoms with E-state index in [1.807, 2.05) is 31.2 Å². The lowest BCUT2D eigenvalue weighted by molar-refractivity contribution is -0.131. The Kier molecular flexibility index (Phi) is 3.21. The third-order valence-electron chi connectivity index (χ3n) is 3.39. The predicted molar refractivity (Wildman–Crippen MR) is 71.5 cm³/mol. The van der Waals surface area contributed by atoms with Crippen molar-refractivity contribution in [2.24, 2.45) is 0 Å². The van der Waals surface area contributed by atoms with Gasteiger partial charge in [-0.3, -0.25) is 4.79 Å². The summed E-state index contributed by atoms with van der Waals surface area (Å²) >= 11 is 0. The second-order valence-electron chi connectivity index (χ2n) is 4.93. The molecule has 2 unspecified atom stereocenters. The number of fused-ring (bicyclic) bond motifs is 1. The van der Waals surface area contributed by atoms with Crippen molar-refractivity contribution in [3.05, 3.63) is 30.1 Å². The van der Waals surface area contributed by atoms with E-state index in [1.165, 1.54) is 0 Å². The molecular formula is C14H17N3O2. The van der Waals surface area contributed by atoms with Crippen LogP contribution in [0.4, 0.5) is 0 Å². The van der Waals surface area contributed by atoms with Gasteiger partial charge in [-0.2, -0.15) is 0 Å². The Morgan fingerprint density at radius 3 is 3.05 bits per heavy atom. The molecule has 1 fully saturated rings. The number of aromatic amines is 1. The van der Waals surface area contributed by atoms with Gasteiger partial charge in [0.05, 0.1) is 23.7 Å². The van der Waals surface area contributed by atoms with E-state index in [1.54, 1.807) is 0 Å². The van der Waals surface area contributed by atoms with Gasteiger partial charge < -0.3 is 15.0 Å². The van der Waals surface area contributed by atoms with Crippen molar-refractivity contribution in [3.8, 4) is 0 Å². The lowest BCUT2D eigenvalue weighted by Crippen LogP contribution is -2.34. The molecule has 1 aliphatic heterocycles. The zero-order valence-corrected chi connectivity index (χ0v) is 10.8. The van der Waals surface area contributed by atoms with E-state index in [0.29, 0.717) is 6.54 Å². The highest BCUT2D eigenvalue weighted by Gasteiger charge is 2.27. The fourth-order valence-electron chi connectivity index (χ4n) is 2.37. The standard InChI is InChI=1S/C14H17N3O2/c1-9-6-7-12(19-9)14(18)15-8-13-16-10-4-2-3-5-11(10)17-13/h2-5,9,12H,6-8H2,1H3,(H,15,18)(H,16,17). The fourth-order valence-corrected chi connectivity index (χ4v) is 2.37. The topological polar surface area (TPSA) is 67.0 Å². The summed E-state index contributed by atoms with van der Waals surface area (Å²) < 4.78 is 5.53. The van der Waals surface area contributed by atoms with E-state index in [0.717, 1.165) is 29.7 Å². The van der Waals surface area contributed by atoms with Crippen molar-refractivity contribution in [2.75, 3.05) is 0 Å². The van der Waals surface area contributed by atoms with Crippen LogP contribution >= 0.6 is 0 Å². The maximum absolute atomic E-state index is 11.9. The van der Waals surface area contributed by atoms with Gasteiger partial charge in [0.2, 0.25) is 5.91 Å². The summed E-state index contributed by atoms with van der Waals surface area (Å²) in [6.45, 7) is 2.40. The van der Waals surface area contributed by atoms with Gasteiger partial charge in [-0.05, 0) is 31.9 Å². The maximum Gasteiger partial charge on any atom is 0.249 e. The molecule has 1 aromatic carbocycles. The Labute approximate surface area is 111 Å². The molecule has 1 saturated heterocycles. The highest BCUT2D eigenvalue weighted by atomic mass is 16.5. The molecule has 2 N–H and O–H groups in total. The first-order chi connectivity index (χ1) is 9.22. The number of carbonyl (C=O) groups excluding carboxylic acids is 1. The van der Waals surface area contributed by atoms with E-state index in [4.69, 9.17) is 4.74 Å². The van der Waals surface area contributed by atoms with Crippen molar-refractivity contribution in [1.82, 2.24) is 15.3 Å². The molecule has 3 rings (SSSR count). The molecule has 1 aromatic heterocycles. The quantitative estimate of drug-likeness (QED) is 0.882. The molecule has 0 spiro atoms. The molecule has 1 amide bonds. The van der Waals surface area contributed by atoms with E-state index < -0.39 is 0 Å². The largest absolute Gasteiger partial charge is 0.365 e. The lowest BCUT2D eigenvalue weighted by Gasteiger charge is -2.10. The molecule has 19 heavy (non-hydrogen) atoms. The molecule has 0 aliphatic carbocycles. The number of hydrogen-bond donors (Lipinski definition) is 2. The predicted octanol–water partition coefficient (Wildman–Crippen LogP) is 1.75. The summed E-state index contributed by atoms with van der Waals surface area (Å²) in [7, 11) is 0. The number of benzene rings is 1. The minimum atomic E-state index is -0.306. The molecule has 2 aromatic rings. The first kappa shape index (κ1) is 12.2. The zero-order chi connectivity index (χ0) is 13.2. The average molecular weight is 259 g/mol. The van der Waals surface area contributed by atoms with Crippen molar-refractivity contribution < 1.29 is 9.53 Å². The number of nitrogens with one attached hydrogen (secondary N) is 2. The van der Waals surface area contributed by atoms with Crippen LogP contribution in [0.5, 0.6) is 0 Å². The first-order valence-electron chi connectivity index (χ1n) is 6.59. The summed E-state index contributed by atoms with van der Waals surface area (Å²) in [4.78, 5) is 19.5. The number of para-hydroxylation sites is 2. The van der Waals surface area contributed by atoms with Gasteiger partial charge in [-0.15, -0.1) is 0 Å². The molecule has 2 atom stereocenters. The summed E-state index contributed by atoms with van der Waals surface area (Å²) in [5, 5.41) is 2.86. The smallest absolute Gasteiger partial charge is 0.249 e. The van der Waals surface area contributed by atoms with Gasteiger partial charge in [0.15, 0.2) is 0 Å². The number of carbonyl (C=O) groups is 1. The number of H-pyrrole nitrogens is 1. The van der Waals surface area contributed by atoms with Crippen LogP contribution in [0.3, 0.4) is 0 Å². The van der Waals surface area contributed by atoms with Crippen molar-refractivity contribution in [3.63, 3.8) is 0 Å². The molecular weight excluding hydrogens is 242 g/mol. The highest BCUT2D eigenvalue weighted by molar-refractivity contribution is 5.81. The summed E-state index contributed by atoms with van der Waals surface area (Å²) in [5.41, 5.74) is 1.90. The molecule has 5 heteroatoms. The number of ether oxygens (including phenoxy) is 1. The van der Waals surface area contributed by atoms with Crippen LogP contribution in [0.25, 0.3) is 11.0 Å². The second kappa shape index (κ2) is 5.01. The van der Waals surface area contributed by atoms with Crippen LogP contribution in [-0.4, -0.2) is 28.1 Å². The van der Waals surface area contributed by atoms with Gasteiger partial charge in [0.25, 0.3) is 0 Å². The highest BCUT2D eigenvalue weighted by Crippen LogP contribution is 2.19. The van der Waals surface area contributed by atoms with Crippen molar-refractivity contribution in [2.45, 2.75) is 38.5 Å². The molecule has 0 bridgehead atoms. The third-order valence-corrected chi connectivity index (χ3v) is 3.39. The summed E-state index contributed by atoms with van der Waals surface area (Å²) in [6.07, 6.45) is 1.62. The number of rotatable bonds is 3. The third kappa shape index (κ3) is 2.61. The van der Waals surface area contributed by atoms with Crippen molar-refractivity contribution in [1.29, 1.82) is 0 Å². The molecule has 5 nitrogen and oxygen atoms in total. The number of amides is 1. The molecule has 2 heterocycles. The van der Waals surface area contributed by atoms with Crippen LogP contribution in [0.1, 0.15) is 25.6 Å². The number of hydrogen-bond acceptors (Lipinski definition) is 3. The second-order valence-corrected chi connectivity index (χ2v) is 4.93. The van der Waals surface area contributed by atoms with Gasteiger partial charge in [-0.1, -0.05) is 12.1 Å². The lowest BCUT2D eigenvalue weighted by atomic mass is 10.2. The Hall–Kier alpha value is -1.88. The van der Waals surface area contributed by atoms with E-state index in [9.17, 15) is 4.79 Å². The fraction of sp³-hybridized carbons (Fsp3) is 0.429. The molecule has 0 radical (unpaired) electrons. The number of aromatic nitrogens is 2. The van der Waals surface area contributed by atoms with Gasteiger partial charge in [-0.25, -0.2) is 4.98 Å². The zero-order valence-electron chi connectivity index (χ0n) is 10.8. The van der Waals surface area contributed by atoms with E-state index in [-0.39, 0.29) is 18.1 Å². The molecule has 1 aliphatic rings. The van der Waals surface area contributed by atoms with Crippen LogP contribution in [-0.2, 0) is 16.1 Å². The minimum Gasteiger partial charge on any atom is -0.365 e. The summed E-state index contributed by atoms with van der Waals surface area (Å²) in [5.74, 6) is 0.713.